The first kappa shape index (κ1) is 14.3. The van der Waals surface area contributed by atoms with Crippen LogP contribution in [0.15, 0.2) is 42.5 Å². The first-order chi connectivity index (χ1) is 9.58. The highest BCUT2D eigenvalue weighted by atomic mass is 35.5. The zero-order chi connectivity index (χ0) is 14.5. The first-order valence-corrected chi connectivity index (χ1v) is 6.49. The Balaban J connectivity index is 1.98. The Morgan fingerprint density at radius 2 is 1.95 bits per heavy atom. The van der Waals surface area contributed by atoms with Crippen molar-refractivity contribution in [3.63, 3.8) is 0 Å². The SMILES string of the molecule is Cc1cccc(Cl)c1NCC(=O)Nc1ccccc1F. The maximum absolute atomic E-state index is 13.4. The van der Waals surface area contributed by atoms with Crippen LogP contribution in [0, 0.1) is 12.7 Å². The lowest BCUT2D eigenvalue weighted by Crippen LogP contribution is -2.22. The van der Waals surface area contributed by atoms with Crippen molar-refractivity contribution in [1.29, 1.82) is 0 Å². The summed E-state index contributed by atoms with van der Waals surface area (Å²) in [6.45, 7) is 1.90. The molecule has 0 atom stereocenters. The number of aryl methyl sites for hydroxylation is 1. The molecule has 0 unspecified atom stereocenters. The molecular weight excluding hydrogens is 279 g/mol. The average Bonchev–Trinajstić information content (AvgIpc) is 2.41. The van der Waals surface area contributed by atoms with Crippen LogP contribution in [-0.4, -0.2) is 12.5 Å². The molecule has 0 fully saturated rings. The number of hydrogen-bond acceptors (Lipinski definition) is 2. The van der Waals surface area contributed by atoms with E-state index in [4.69, 9.17) is 11.6 Å². The maximum atomic E-state index is 13.4. The van der Waals surface area contributed by atoms with Gasteiger partial charge in [-0.15, -0.1) is 0 Å². The minimum Gasteiger partial charge on any atom is -0.375 e. The molecule has 2 rings (SSSR count). The minimum absolute atomic E-state index is 0.0128. The van der Waals surface area contributed by atoms with E-state index in [0.29, 0.717) is 10.7 Å². The molecule has 0 bridgehead atoms. The average molecular weight is 293 g/mol. The van der Waals surface area contributed by atoms with Crippen molar-refractivity contribution in [1.82, 2.24) is 0 Å². The second-order valence-electron chi connectivity index (χ2n) is 4.31. The Morgan fingerprint density at radius 3 is 2.65 bits per heavy atom. The third-order valence-corrected chi connectivity index (χ3v) is 3.11. The fraction of sp³-hybridized carbons (Fsp3) is 0.133. The zero-order valence-corrected chi connectivity index (χ0v) is 11.7. The van der Waals surface area contributed by atoms with Crippen molar-refractivity contribution in [3.8, 4) is 0 Å². The van der Waals surface area contributed by atoms with Gasteiger partial charge in [-0.05, 0) is 30.7 Å². The lowest BCUT2D eigenvalue weighted by molar-refractivity contribution is -0.114. The predicted molar refractivity (Wildman–Crippen MR) is 79.7 cm³/mol. The number of carbonyl (C=O) groups excluding carboxylic acids is 1. The summed E-state index contributed by atoms with van der Waals surface area (Å²) in [5.41, 5.74) is 1.81. The Kier molecular flexibility index (Phi) is 4.58. The predicted octanol–water partition coefficient (Wildman–Crippen LogP) is 3.84. The topological polar surface area (TPSA) is 41.1 Å². The van der Waals surface area contributed by atoms with Gasteiger partial charge in [-0.3, -0.25) is 4.79 Å². The Hall–Kier alpha value is -2.07. The Bertz CT molecular complexity index is 611. The van der Waals surface area contributed by atoms with Crippen LogP contribution in [0.25, 0.3) is 0 Å². The molecule has 20 heavy (non-hydrogen) atoms. The lowest BCUT2D eigenvalue weighted by Gasteiger charge is -2.11. The van der Waals surface area contributed by atoms with Gasteiger partial charge in [-0.1, -0.05) is 35.9 Å². The fourth-order valence-corrected chi connectivity index (χ4v) is 2.07. The molecule has 0 aromatic heterocycles. The summed E-state index contributed by atoms with van der Waals surface area (Å²) in [5.74, 6) is -0.802. The zero-order valence-electron chi connectivity index (χ0n) is 10.9. The molecule has 2 N–H and O–H groups in total. The molecule has 3 nitrogen and oxygen atoms in total. The highest BCUT2D eigenvalue weighted by molar-refractivity contribution is 6.33. The molecule has 5 heteroatoms. The van der Waals surface area contributed by atoms with Crippen molar-refractivity contribution < 1.29 is 9.18 Å². The van der Waals surface area contributed by atoms with Crippen molar-refractivity contribution in [2.45, 2.75) is 6.92 Å². The van der Waals surface area contributed by atoms with Gasteiger partial charge in [0.05, 0.1) is 22.9 Å². The highest BCUT2D eigenvalue weighted by Gasteiger charge is 2.08. The molecule has 0 aliphatic rings. The lowest BCUT2D eigenvalue weighted by atomic mass is 10.2. The van der Waals surface area contributed by atoms with E-state index in [9.17, 15) is 9.18 Å². The Morgan fingerprint density at radius 1 is 1.20 bits per heavy atom. The summed E-state index contributed by atoms with van der Waals surface area (Å²) in [7, 11) is 0. The van der Waals surface area contributed by atoms with Crippen molar-refractivity contribution in [3.05, 3.63) is 58.9 Å². The van der Waals surface area contributed by atoms with Crippen LogP contribution in [0.1, 0.15) is 5.56 Å². The molecule has 2 aromatic carbocycles. The van der Waals surface area contributed by atoms with Gasteiger partial charge in [0.2, 0.25) is 5.91 Å². The second kappa shape index (κ2) is 6.39. The van der Waals surface area contributed by atoms with Crippen molar-refractivity contribution >= 4 is 28.9 Å². The van der Waals surface area contributed by atoms with Crippen LogP contribution < -0.4 is 10.6 Å². The van der Waals surface area contributed by atoms with E-state index in [1.165, 1.54) is 12.1 Å². The van der Waals surface area contributed by atoms with Gasteiger partial charge in [0.1, 0.15) is 5.82 Å². The standard InChI is InChI=1S/C15H14ClFN2O/c1-10-5-4-6-11(16)15(10)18-9-14(20)19-13-8-3-2-7-12(13)17/h2-8,18H,9H2,1H3,(H,19,20). The van der Waals surface area contributed by atoms with Gasteiger partial charge < -0.3 is 10.6 Å². The van der Waals surface area contributed by atoms with Gasteiger partial charge >= 0.3 is 0 Å². The number of hydrogen-bond donors (Lipinski definition) is 2. The van der Waals surface area contributed by atoms with Crippen LogP contribution in [0.3, 0.4) is 0 Å². The quantitative estimate of drug-likeness (QED) is 0.899. The van der Waals surface area contributed by atoms with E-state index in [-0.39, 0.29) is 18.1 Å². The summed E-state index contributed by atoms with van der Waals surface area (Å²) in [5, 5.41) is 6.00. The first-order valence-electron chi connectivity index (χ1n) is 6.11. The van der Waals surface area contributed by atoms with Crippen LogP contribution >= 0.6 is 11.6 Å². The molecule has 0 saturated heterocycles. The van der Waals surface area contributed by atoms with Gasteiger partial charge in [0.15, 0.2) is 0 Å². The number of carbonyl (C=O) groups is 1. The second-order valence-corrected chi connectivity index (χ2v) is 4.72. The fourth-order valence-electron chi connectivity index (χ4n) is 1.78. The van der Waals surface area contributed by atoms with E-state index in [1.807, 2.05) is 19.1 Å². The van der Waals surface area contributed by atoms with Gasteiger partial charge in [0.25, 0.3) is 0 Å². The maximum Gasteiger partial charge on any atom is 0.243 e. The van der Waals surface area contributed by atoms with Crippen LogP contribution in [0.5, 0.6) is 0 Å². The number of halogens is 2. The summed E-state index contributed by atoms with van der Waals surface area (Å²) in [4.78, 5) is 11.8. The molecule has 0 aliphatic heterocycles. The molecular formula is C15H14ClFN2O. The van der Waals surface area contributed by atoms with Gasteiger partial charge in [-0.25, -0.2) is 4.39 Å². The number of rotatable bonds is 4. The molecule has 1 amide bonds. The third-order valence-electron chi connectivity index (χ3n) is 2.80. The molecule has 104 valence electrons. The number of para-hydroxylation sites is 2. The molecule has 2 aromatic rings. The summed E-state index contributed by atoms with van der Waals surface area (Å²) in [6.07, 6.45) is 0. The number of amides is 1. The van der Waals surface area contributed by atoms with E-state index < -0.39 is 5.82 Å². The molecule has 0 aliphatic carbocycles. The number of benzene rings is 2. The summed E-state index contributed by atoms with van der Waals surface area (Å²) in [6, 6.07) is 11.5. The van der Waals surface area contributed by atoms with E-state index >= 15 is 0 Å². The van der Waals surface area contributed by atoms with E-state index in [1.54, 1.807) is 18.2 Å². The molecule has 0 spiro atoms. The highest BCUT2D eigenvalue weighted by Crippen LogP contribution is 2.24. The normalized spacial score (nSPS) is 10.2. The van der Waals surface area contributed by atoms with E-state index in [0.717, 1.165) is 5.56 Å². The number of anilines is 2. The van der Waals surface area contributed by atoms with Crippen molar-refractivity contribution in [2.24, 2.45) is 0 Å². The monoisotopic (exact) mass is 292 g/mol. The smallest absolute Gasteiger partial charge is 0.243 e. The van der Waals surface area contributed by atoms with Crippen LogP contribution in [-0.2, 0) is 4.79 Å². The van der Waals surface area contributed by atoms with E-state index in [2.05, 4.69) is 10.6 Å². The minimum atomic E-state index is -0.463. The molecule has 0 saturated carbocycles. The van der Waals surface area contributed by atoms with Crippen LogP contribution in [0.2, 0.25) is 5.02 Å². The van der Waals surface area contributed by atoms with Crippen LogP contribution in [0.4, 0.5) is 15.8 Å². The molecule has 0 heterocycles. The molecule has 0 radical (unpaired) electrons. The Labute approximate surface area is 121 Å². The number of nitrogens with one attached hydrogen (secondary N) is 2. The van der Waals surface area contributed by atoms with Gasteiger partial charge in [-0.2, -0.15) is 0 Å². The van der Waals surface area contributed by atoms with Crippen molar-refractivity contribution in [2.75, 3.05) is 17.2 Å². The summed E-state index contributed by atoms with van der Waals surface area (Å²) >= 11 is 6.04. The third kappa shape index (κ3) is 3.48. The largest absolute Gasteiger partial charge is 0.375 e. The summed E-state index contributed by atoms with van der Waals surface area (Å²) < 4.78 is 13.4. The van der Waals surface area contributed by atoms with Gasteiger partial charge in [0, 0.05) is 0 Å².